The first kappa shape index (κ1) is 13.9. The number of nitrogens with zero attached hydrogens (tertiary/aromatic N) is 3. The Balaban J connectivity index is 2.27. The first-order valence-electron chi connectivity index (χ1n) is 6.27. The van der Waals surface area contributed by atoms with Crippen molar-refractivity contribution in [1.29, 1.82) is 0 Å². The lowest BCUT2D eigenvalue weighted by molar-refractivity contribution is -0.122. The van der Waals surface area contributed by atoms with E-state index >= 15 is 0 Å². The van der Waals surface area contributed by atoms with Crippen LogP contribution in [0.2, 0.25) is 0 Å². The molecule has 0 spiro atoms. The van der Waals surface area contributed by atoms with E-state index in [-0.39, 0.29) is 0 Å². The molecule has 0 N–H and O–H groups in total. The normalized spacial score (nSPS) is 18.0. The molecule has 1 unspecified atom stereocenters. The van der Waals surface area contributed by atoms with Crippen molar-refractivity contribution < 1.29 is 9.18 Å². The topological polar surface area (TPSA) is 45.6 Å². The lowest BCUT2D eigenvalue weighted by Gasteiger charge is -2.18. The molecule has 0 saturated carbocycles. The van der Waals surface area contributed by atoms with Crippen LogP contribution in [0, 0.1) is 0 Å². The molecule has 0 aliphatic carbocycles. The fourth-order valence-electron chi connectivity index (χ4n) is 2.24. The predicted molar refractivity (Wildman–Crippen MR) is 82.3 cm³/mol. The number of alkyl halides is 1. The molecular weight excluding hydrogens is 337 g/mol. The third-order valence-electron chi connectivity index (χ3n) is 3.29. The second-order valence-electron chi connectivity index (χ2n) is 4.61. The van der Waals surface area contributed by atoms with Crippen LogP contribution in [0.1, 0.15) is 11.1 Å². The summed E-state index contributed by atoms with van der Waals surface area (Å²) in [4.78, 5) is 21.3. The Hall–Kier alpha value is -2.08. The van der Waals surface area contributed by atoms with Crippen LogP contribution in [0.15, 0.2) is 52.2 Å². The van der Waals surface area contributed by atoms with Crippen molar-refractivity contribution in [2.45, 2.75) is 6.30 Å². The highest BCUT2D eigenvalue weighted by Gasteiger charge is 2.29. The molecule has 0 fully saturated rings. The van der Waals surface area contributed by atoms with Crippen molar-refractivity contribution in [3.8, 4) is 0 Å². The molecule has 1 aliphatic heterocycles. The zero-order valence-corrected chi connectivity index (χ0v) is 12.7. The van der Waals surface area contributed by atoms with E-state index in [1.54, 1.807) is 37.6 Å². The van der Waals surface area contributed by atoms with Gasteiger partial charge in [-0.25, -0.2) is 9.38 Å². The van der Waals surface area contributed by atoms with E-state index < -0.39 is 12.2 Å². The Morgan fingerprint density at radius 3 is 2.86 bits per heavy atom. The minimum atomic E-state index is -1.92. The molecule has 1 atom stereocenters. The molecule has 3 rings (SSSR count). The number of pyridine rings is 1. The number of halogens is 2. The Bertz CT molecular complexity index is 733. The fraction of sp³-hybridized carbons (Fsp3) is 0.133. The van der Waals surface area contributed by atoms with Crippen LogP contribution in [0.3, 0.4) is 0 Å². The third kappa shape index (κ3) is 2.47. The number of amides is 1. The standard InChI is InChI=1S/C15H11BrFN3O/c1-20-12-5-4-10(16)7-11(12)13(19-14(17)15(20)21)9-3-2-6-18-8-9/h2-8,14H,1H3. The van der Waals surface area contributed by atoms with Crippen LogP contribution < -0.4 is 4.90 Å². The van der Waals surface area contributed by atoms with E-state index in [4.69, 9.17) is 0 Å². The van der Waals surface area contributed by atoms with Crippen LogP contribution in [0.4, 0.5) is 10.1 Å². The van der Waals surface area contributed by atoms with Crippen molar-refractivity contribution in [3.05, 3.63) is 58.3 Å². The van der Waals surface area contributed by atoms with Gasteiger partial charge < -0.3 is 4.90 Å². The summed E-state index contributed by atoms with van der Waals surface area (Å²) in [6, 6.07) is 8.93. The molecule has 0 saturated heterocycles. The molecule has 4 nitrogen and oxygen atoms in total. The van der Waals surface area contributed by atoms with Gasteiger partial charge in [0.25, 0.3) is 12.2 Å². The number of aromatic nitrogens is 1. The van der Waals surface area contributed by atoms with Gasteiger partial charge in [-0.2, -0.15) is 0 Å². The number of benzene rings is 1. The zero-order chi connectivity index (χ0) is 15.0. The number of fused-ring (bicyclic) bond motifs is 1. The van der Waals surface area contributed by atoms with Crippen molar-refractivity contribution in [2.24, 2.45) is 4.99 Å². The monoisotopic (exact) mass is 347 g/mol. The predicted octanol–water partition coefficient (Wildman–Crippen LogP) is 2.95. The van der Waals surface area contributed by atoms with E-state index in [2.05, 4.69) is 25.9 Å². The molecule has 1 aromatic heterocycles. The van der Waals surface area contributed by atoms with E-state index in [0.29, 0.717) is 22.5 Å². The van der Waals surface area contributed by atoms with Crippen LogP contribution in [-0.2, 0) is 4.79 Å². The van der Waals surface area contributed by atoms with E-state index in [9.17, 15) is 9.18 Å². The van der Waals surface area contributed by atoms with Crippen LogP contribution in [-0.4, -0.2) is 29.9 Å². The summed E-state index contributed by atoms with van der Waals surface area (Å²) in [6.45, 7) is 0. The van der Waals surface area contributed by atoms with E-state index in [0.717, 1.165) is 4.47 Å². The molecule has 0 radical (unpaired) electrons. The van der Waals surface area contributed by atoms with Gasteiger partial charge in [-0.15, -0.1) is 0 Å². The molecule has 0 bridgehead atoms. The maximum Gasteiger partial charge on any atom is 0.284 e. The lowest BCUT2D eigenvalue weighted by atomic mass is 10.0. The first-order chi connectivity index (χ1) is 10.1. The number of hydrogen-bond donors (Lipinski definition) is 0. The quantitative estimate of drug-likeness (QED) is 0.744. The van der Waals surface area contributed by atoms with Crippen molar-refractivity contribution in [3.63, 3.8) is 0 Å². The second-order valence-corrected chi connectivity index (χ2v) is 5.53. The summed E-state index contributed by atoms with van der Waals surface area (Å²) in [7, 11) is 1.54. The summed E-state index contributed by atoms with van der Waals surface area (Å²) >= 11 is 3.40. The number of hydrogen-bond acceptors (Lipinski definition) is 3. The fourth-order valence-corrected chi connectivity index (χ4v) is 2.60. The Labute approximate surface area is 129 Å². The highest BCUT2D eigenvalue weighted by atomic mass is 79.9. The molecule has 6 heteroatoms. The Kier molecular flexibility index (Phi) is 3.55. The van der Waals surface area contributed by atoms with Gasteiger partial charge in [0, 0.05) is 35.0 Å². The van der Waals surface area contributed by atoms with Crippen LogP contribution >= 0.6 is 15.9 Å². The lowest BCUT2D eigenvalue weighted by Crippen LogP contribution is -2.32. The zero-order valence-electron chi connectivity index (χ0n) is 11.1. The first-order valence-corrected chi connectivity index (χ1v) is 7.07. The summed E-state index contributed by atoms with van der Waals surface area (Å²) in [5, 5.41) is 0. The van der Waals surface area contributed by atoms with E-state index in [1.165, 1.54) is 4.90 Å². The van der Waals surface area contributed by atoms with Crippen molar-refractivity contribution in [2.75, 3.05) is 11.9 Å². The van der Waals surface area contributed by atoms with E-state index in [1.807, 2.05) is 12.1 Å². The minimum absolute atomic E-state index is 0.421. The van der Waals surface area contributed by atoms with Crippen LogP contribution in [0.5, 0.6) is 0 Å². The van der Waals surface area contributed by atoms with Gasteiger partial charge in [-0.1, -0.05) is 15.9 Å². The maximum absolute atomic E-state index is 14.1. The summed E-state index contributed by atoms with van der Waals surface area (Å²) in [5.74, 6) is -0.683. The van der Waals surface area contributed by atoms with Crippen molar-refractivity contribution in [1.82, 2.24) is 4.98 Å². The van der Waals surface area contributed by atoms with Crippen LogP contribution in [0.25, 0.3) is 0 Å². The highest BCUT2D eigenvalue weighted by Crippen LogP contribution is 2.30. The molecule has 2 aromatic rings. The number of carbonyl (C=O) groups excluding carboxylic acids is 1. The number of anilines is 1. The SMILES string of the molecule is CN1C(=O)C(F)N=C(c2cccnc2)c2cc(Br)ccc21. The van der Waals surface area contributed by atoms with Gasteiger partial charge in [0.1, 0.15) is 0 Å². The highest BCUT2D eigenvalue weighted by molar-refractivity contribution is 9.10. The maximum atomic E-state index is 14.1. The van der Waals surface area contributed by atoms with Gasteiger partial charge in [0.2, 0.25) is 0 Å². The molecular formula is C15H11BrFN3O. The summed E-state index contributed by atoms with van der Waals surface area (Å²) < 4.78 is 14.9. The largest absolute Gasteiger partial charge is 0.311 e. The number of aliphatic imine (C=N–C) groups is 1. The van der Waals surface area contributed by atoms with Gasteiger partial charge in [0.15, 0.2) is 0 Å². The van der Waals surface area contributed by atoms with Gasteiger partial charge in [0.05, 0.1) is 11.4 Å². The summed E-state index contributed by atoms with van der Waals surface area (Å²) in [6.07, 6.45) is 1.31. The average Bonchev–Trinajstić information content (AvgIpc) is 2.59. The molecule has 21 heavy (non-hydrogen) atoms. The smallest absolute Gasteiger partial charge is 0.284 e. The van der Waals surface area contributed by atoms with Crippen molar-refractivity contribution >= 4 is 33.2 Å². The Morgan fingerprint density at radius 1 is 1.33 bits per heavy atom. The molecule has 106 valence electrons. The summed E-state index contributed by atoms with van der Waals surface area (Å²) in [5.41, 5.74) is 2.39. The molecule has 2 heterocycles. The number of carbonyl (C=O) groups is 1. The van der Waals surface area contributed by atoms with Gasteiger partial charge in [-0.05, 0) is 30.3 Å². The second kappa shape index (κ2) is 5.37. The molecule has 1 amide bonds. The number of likely N-dealkylation sites (N-methyl/N-ethyl adjacent to an activating group) is 1. The van der Waals surface area contributed by atoms with Gasteiger partial charge in [-0.3, -0.25) is 9.78 Å². The Morgan fingerprint density at radius 2 is 2.14 bits per heavy atom. The number of benzodiazepines with no additional fused rings is 1. The molecule has 1 aromatic carbocycles. The molecule has 1 aliphatic rings. The number of rotatable bonds is 1. The minimum Gasteiger partial charge on any atom is -0.311 e. The third-order valence-corrected chi connectivity index (χ3v) is 3.78. The average molecular weight is 348 g/mol. The van der Waals surface area contributed by atoms with Gasteiger partial charge >= 0.3 is 0 Å².